The van der Waals surface area contributed by atoms with E-state index >= 15 is 0 Å². The minimum absolute atomic E-state index is 0.843. The van der Waals surface area contributed by atoms with Gasteiger partial charge in [0.2, 0.25) is 0 Å². The third-order valence-corrected chi connectivity index (χ3v) is 5.19. The molecule has 0 amide bonds. The second-order valence-electron chi connectivity index (χ2n) is 7.45. The minimum Gasteiger partial charge on any atom is -0.340 e. The van der Waals surface area contributed by atoms with Crippen molar-refractivity contribution in [1.82, 2.24) is 14.6 Å². The lowest BCUT2D eigenvalue weighted by Crippen LogP contribution is -2.03. The van der Waals surface area contributed by atoms with Gasteiger partial charge in [-0.25, -0.2) is 4.98 Å². The Morgan fingerprint density at radius 3 is 2.13 bits per heavy atom. The second kappa shape index (κ2) is 7.48. The molecule has 2 heterocycles. The van der Waals surface area contributed by atoms with Crippen molar-refractivity contribution < 1.29 is 0 Å². The fourth-order valence-corrected chi connectivity index (χ4v) is 3.78. The van der Waals surface area contributed by atoms with E-state index < -0.39 is 0 Å². The average Bonchev–Trinajstić information content (AvgIpc) is 3.11. The summed E-state index contributed by atoms with van der Waals surface area (Å²) in [6.45, 7) is 4.13. The summed E-state index contributed by atoms with van der Waals surface area (Å²) in [6.07, 6.45) is 0. The second-order valence-corrected chi connectivity index (χ2v) is 7.45. The predicted molar refractivity (Wildman–Crippen MR) is 123 cm³/mol. The van der Waals surface area contributed by atoms with E-state index in [0.717, 1.165) is 45.2 Å². The fourth-order valence-electron chi connectivity index (χ4n) is 3.78. The van der Waals surface area contributed by atoms with Crippen LogP contribution in [0.25, 0.3) is 28.0 Å². The maximum atomic E-state index is 5.02. The first-order valence-corrected chi connectivity index (χ1v) is 10.0. The van der Waals surface area contributed by atoms with Crippen LogP contribution < -0.4 is 5.32 Å². The molecule has 30 heavy (non-hydrogen) atoms. The number of fused-ring (bicyclic) bond motifs is 1. The number of benzene rings is 3. The molecule has 5 aromatic rings. The molecule has 5 rings (SSSR count). The summed E-state index contributed by atoms with van der Waals surface area (Å²) in [4.78, 5) is 5.02. The zero-order chi connectivity index (χ0) is 20.5. The van der Waals surface area contributed by atoms with Crippen molar-refractivity contribution in [1.29, 1.82) is 0 Å². The largest absolute Gasteiger partial charge is 0.340 e. The molecule has 0 aliphatic carbocycles. The van der Waals surface area contributed by atoms with Crippen LogP contribution in [0.2, 0.25) is 0 Å². The minimum atomic E-state index is 0.843. The highest BCUT2D eigenvalue weighted by molar-refractivity contribution is 5.83. The van der Waals surface area contributed by atoms with Gasteiger partial charge in [0.25, 0.3) is 0 Å². The number of hydrogen-bond donors (Lipinski definition) is 1. The van der Waals surface area contributed by atoms with Crippen molar-refractivity contribution in [3.05, 3.63) is 102 Å². The fraction of sp³-hybridized carbons (Fsp3) is 0.0769. The first-order valence-electron chi connectivity index (χ1n) is 10.0. The smallest absolute Gasteiger partial charge is 0.166 e. The van der Waals surface area contributed by atoms with E-state index in [-0.39, 0.29) is 0 Å². The zero-order valence-corrected chi connectivity index (χ0v) is 17.0. The van der Waals surface area contributed by atoms with Gasteiger partial charge in [-0.3, -0.25) is 0 Å². The Labute approximate surface area is 175 Å². The molecule has 2 aromatic heterocycles. The van der Waals surface area contributed by atoms with Crippen molar-refractivity contribution in [2.45, 2.75) is 13.8 Å². The summed E-state index contributed by atoms with van der Waals surface area (Å²) in [5, 5.41) is 8.38. The van der Waals surface area contributed by atoms with E-state index in [1.54, 1.807) is 0 Å². The molecule has 0 aliphatic heterocycles. The Morgan fingerprint density at radius 1 is 0.733 bits per heavy atom. The quantitative estimate of drug-likeness (QED) is 0.385. The van der Waals surface area contributed by atoms with E-state index in [1.807, 2.05) is 47.8 Å². The molecule has 0 spiro atoms. The number of nitrogens with one attached hydrogen (secondary N) is 1. The van der Waals surface area contributed by atoms with Gasteiger partial charge in [0.05, 0.1) is 11.4 Å². The summed E-state index contributed by atoms with van der Waals surface area (Å²) in [6, 6.07) is 31.0. The normalized spacial score (nSPS) is 11.0. The first kappa shape index (κ1) is 18.1. The van der Waals surface area contributed by atoms with Gasteiger partial charge in [-0.1, -0.05) is 72.8 Å². The number of aromatic nitrogens is 3. The standard InChI is InChI=1S/C26H22N4/c1-18-10-9-15-22(16-18)27-24-17-23(20-11-5-3-6-12-20)28-26-25(19(2)29-30(24)26)21-13-7-4-8-14-21/h3-17,27H,1-2H3. The Balaban J connectivity index is 1.76. The Bertz CT molecular complexity index is 1320. The van der Waals surface area contributed by atoms with Gasteiger partial charge >= 0.3 is 0 Å². The van der Waals surface area contributed by atoms with E-state index in [0.29, 0.717) is 0 Å². The van der Waals surface area contributed by atoms with Crippen molar-refractivity contribution >= 4 is 17.2 Å². The van der Waals surface area contributed by atoms with Crippen LogP contribution in [0.3, 0.4) is 0 Å². The molecule has 0 saturated heterocycles. The number of rotatable bonds is 4. The third-order valence-electron chi connectivity index (χ3n) is 5.19. The lowest BCUT2D eigenvalue weighted by Gasteiger charge is -2.12. The Kier molecular flexibility index (Phi) is 4.52. The van der Waals surface area contributed by atoms with Crippen LogP contribution in [0.4, 0.5) is 11.5 Å². The van der Waals surface area contributed by atoms with Crippen LogP contribution in [-0.2, 0) is 0 Å². The molecule has 4 heteroatoms. The number of nitrogens with zero attached hydrogens (tertiary/aromatic N) is 3. The van der Waals surface area contributed by atoms with Gasteiger partial charge in [-0.15, -0.1) is 0 Å². The van der Waals surface area contributed by atoms with Crippen LogP contribution in [-0.4, -0.2) is 14.6 Å². The summed E-state index contributed by atoms with van der Waals surface area (Å²) in [5.74, 6) is 0.884. The molecule has 0 aliphatic rings. The van der Waals surface area contributed by atoms with Crippen molar-refractivity contribution in [2.24, 2.45) is 0 Å². The Hall–Kier alpha value is -3.92. The van der Waals surface area contributed by atoms with Crippen LogP contribution in [0.5, 0.6) is 0 Å². The Morgan fingerprint density at radius 2 is 1.43 bits per heavy atom. The third kappa shape index (κ3) is 3.33. The predicted octanol–water partition coefficient (Wildman–Crippen LogP) is 6.42. The molecular weight excluding hydrogens is 368 g/mol. The summed E-state index contributed by atoms with van der Waals surface area (Å²) in [7, 11) is 0. The van der Waals surface area contributed by atoms with Gasteiger partial charge in [-0.2, -0.15) is 9.61 Å². The molecule has 1 N–H and O–H groups in total. The molecule has 0 saturated carbocycles. The zero-order valence-electron chi connectivity index (χ0n) is 17.0. The van der Waals surface area contributed by atoms with Gasteiger partial charge in [0.1, 0.15) is 5.82 Å². The molecule has 0 bridgehead atoms. The van der Waals surface area contributed by atoms with Gasteiger partial charge in [0.15, 0.2) is 5.65 Å². The molecule has 0 fully saturated rings. The van der Waals surface area contributed by atoms with Crippen LogP contribution in [0.15, 0.2) is 91.0 Å². The maximum Gasteiger partial charge on any atom is 0.166 e. The lowest BCUT2D eigenvalue weighted by molar-refractivity contribution is 0.926. The lowest BCUT2D eigenvalue weighted by atomic mass is 10.1. The summed E-state index contributed by atoms with van der Waals surface area (Å²) < 4.78 is 1.91. The van der Waals surface area contributed by atoms with E-state index in [4.69, 9.17) is 10.1 Å². The molecule has 3 aromatic carbocycles. The topological polar surface area (TPSA) is 42.2 Å². The average molecular weight is 390 g/mol. The van der Waals surface area contributed by atoms with Crippen LogP contribution in [0, 0.1) is 13.8 Å². The van der Waals surface area contributed by atoms with Crippen LogP contribution in [0.1, 0.15) is 11.3 Å². The van der Waals surface area contributed by atoms with Gasteiger partial charge in [-0.05, 0) is 37.1 Å². The number of hydrogen-bond acceptors (Lipinski definition) is 3. The number of aryl methyl sites for hydroxylation is 2. The molecule has 0 radical (unpaired) electrons. The molecule has 0 atom stereocenters. The maximum absolute atomic E-state index is 5.02. The van der Waals surface area contributed by atoms with Crippen molar-refractivity contribution in [3.8, 4) is 22.4 Å². The monoisotopic (exact) mass is 390 g/mol. The van der Waals surface area contributed by atoms with Crippen molar-refractivity contribution in [3.63, 3.8) is 0 Å². The molecule has 0 unspecified atom stereocenters. The highest BCUT2D eigenvalue weighted by Crippen LogP contribution is 2.32. The number of anilines is 2. The van der Waals surface area contributed by atoms with E-state index in [2.05, 4.69) is 66.8 Å². The first-order chi connectivity index (χ1) is 14.7. The van der Waals surface area contributed by atoms with Gasteiger partial charge in [0, 0.05) is 22.9 Å². The molecule has 4 nitrogen and oxygen atoms in total. The van der Waals surface area contributed by atoms with E-state index in [9.17, 15) is 0 Å². The summed E-state index contributed by atoms with van der Waals surface area (Å²) >= 11 is 0. The van der Waals surface area contributed by atoms with Gasteiger partial charge < -0.3 is 5.32 Å². The summed E-state index contributed by atoms with van der Waals surface area (Å²) in [5.41, 5.74) is 8.18. The van der Waals surface area contributed by atoms with Crippen molar-refractivity contribution in [2.75, 3.05) is 5.32 Å². The highest BCUT2D eigenvalue weighted by atomic mass is 15.3. The molecular formula is C26H22N4. The SMILES string of the molecule is Cc1cccc(Nc2cc(-c3ccccc3)nc3c(-c4ccccc4)c(C)nn23)c1. The highest BCUT2D eigenvalue weighted by Gasteiger charge is 2.17. The van der Waals surface area contributed by atoms with Crippen LogP contribution >= 0.6 is 0 Å². The molecule has 146 valence electrons. The van der Waals surface area contributed by atoms with E-state index in [1.165, 1.54) is 5.56 Å².